The Morgan fingerprint density at radius 3 is 2.91 bits per heavy atom. The highest BCUT2D eigenvalue weighted by Gasteiger charge is 2.32. The van der Waals surface area contributed by atoms with E-state index in [1.54, 1.807) is 7.11 Å². The molecule has 3 rings (SSSR count). The Morgan fingerprint density at radius 2 is 2.26 bits per heavy atom. The van der Waals surface area contributed by atoms with E-state index in [0.717, 1.165) is 43.2 Å². The van der Waals surface area contributed by atoms with Gasteiger partial charge in [-0.3, -0.25) is 4.90 Å². The summed E-state index contributed by atoms with van der Waals surface area (Å²) in [5.74, 6) is 4.68. The molecule has 2 N–H and O–H groups in total. The van der Waals surface area contributed by atoms with Crippen molar-refractivity contribution in [3.05, 3.63) is 23.8 Å². The third kappa shape index (κ3) is 3.78. The second kappa shape index (κ2) is 7.77. The van der Waals surface area contributed by atoms with Gasteiger partial charge in [-0.05, 0) is 50.6 Å². The highest BCUT2D eigenvalue weighted by Crippen LogP contribution is 2.42. The summed E-state index contributed by atoms with van der Waals surface area (Å²) < 4.78 is 12.0. The molecule has 0 aromatic heterocycles. The van der Waals surface area contributed by atoms with Gasteiger partial charge in [-0.2, -0.15) is 11.8 Å². The van der Waals surface area contributed by atoms with Crippen LogP contribution in [0, 0.1) is 5.92 Å². The molecule has 2 aliphatic heterocycles. The van der Waals surface area contributed by atoms with Crippen LogP contribution in [0.15, 0.2) is 18.2 Å². The van der Waals surface area contributed by atoms with Crippen LogP contribution in [0.2, 0.25) is 0 Å². The summed E-state index contributed by atoms with van der Waals surface area (Å²) in [6.45, 7) is 1.80. The lowest BCUT2D eigenvalue weighted by atomic mass is 9.98. The van der Waals surface area contributed by atoms with Gasteiger partial charge in [0, 0.05) is 23.9 Å². The average molecular weight is 337 g/mol. The van der Waals surface area contributed by atoms with Gasteiger partial charge in [-0.15, -0.1) is 0 Å². The molecule has 4 nitrogen and oxygen atoms in total. The first kappa shape index (κ1) is 16.9. The minimum absolute atomic E-state index is 0.302. The number of ether oxygens (including phenoxy) is 2. The monoisotopic (exact) mass is 336 g/mol. The zero-order valence-electron chi connectivity index (χ0n) is 14.2. The SMILES string of the molecule is COc1c(OC2CCCSC2)cccc1C1CC(CN)CN1C. The molecule has 3 unspecified atom stereocenters. The second-order valence-corrected chi connectivity index (χ2v) is 7.78. The van der Waals surface area contributed by atoms with E-state index < -0.39 is 0 Å². The quantitative estimate of drug-likeness (QED) is 0.896. The van der Waals surface area contributed by atoms with E-state index in [1.165, 1.54) is 17.7 Å². The average Bonchev–Trinajstić information content (AvgIpc) is 2.96. The van der Waals surface area contributed by atoms with Crippen molar-refractivity contribution in [2.45, 2.75) is 31.4 Å². The summed E-state index contributed by atoms with van der Waals surface area (Å²) in [6, 6.07) is 6.66. The van der Waals surface area contributed by atoms with Gasteiger partial charge in [0.05, 0.1) is 7.11 Å². The molecule has 2 aliphatic rings. The molecule has 2 saturated heterocycles. The van der Waals surface area contributed by atoms with E-state index in [2.05, 4.69) is 24.1 Å². The number of nitrogens with two attached hydrogens (primary N) is 1. The van der Waals surface area contributed by atoms with Gasteiger partial charge in [0.25, 0.3) is 0 Å². The fourth-order valence-electron chi connectivity index (χ4n) is 3.73. The first-order valence-corrected chi connectivity index (χ1v) is 9.70. The molecule has 0 aliphatic carbocycles. The van der Waals surface area contributed by atoms with Crippen molar-refractivity contribution in [1.82, 2.24) is 4.90 Å². The summed E-state index contributed by atoms with van der Waals surface area (Å²) in [6.07, 6.45) is 3.77. The van der Waals surface area contributed by atoms with Crippen LogP contribution in [0.1, 0.15) is 30.9 Å². The minimum Gasteiger partial charge on any atom is -0.493 e. The van der Waals surface area contributed by atoms with Gasteiger partial charge in [0.2, 0.25) is 0 Å². The van der Waals surface area contributed by atoms with E-state index in [-0.39, 0.29) is 0 Å². The van der Waals surface area contributed by atoms with Gasteiger partial charge < -0.3 is 15.2 Å². The summed E-state index contributed by atoms with van der Waals surface area (Å²) in [5.41, 5.74) is 7.10. The van der Waals surface area contributed by atoms with Gasteiger partial charge >= 0.3 is 0 Å². The molecule has 0 saturated carbocycles. The lowest BCUT2D eigenvalue weighted by Crippen LogP contribution is -2.24. The normalized spacial score (nSPS) is 28.7. The van der Waals surface area contributed by atoms with Crippen molar-refractivity contribution >= 4 is 11.8 Å². The Kier molecular flexibility index (Phi) is 5.72. The maximum atomic E-state index is 6.28. The predicted molar refractivity (Wildman–Crippen MR) is 96.5 cm³/mol. The maximum absolute atomic E-state index is 6.28. The first-order chi connectivity index (χ1) is 11.2. The highest BCUT2D eigenvalue weighted by molar-refractivity contribution is 7.99. The molecular formula is C18H28N2O2S. The molecule has 3 atom stereocenters. The molecular weight excluding hydrogens is 308 g/mol. The molecule has 2 heterocycles. The molecule has 0 bridgehead atoms. The predicted octanol–water partition coefficient (Wildman–Crippen LogP) is 2.92. The van der Waals surface area contributed by atoms with Gasteiger partial charge in [0.15, 0.2) is 11.5 Å². The maximum Gasteiger partial charge on any atom is 0.165 e. The smallest absolute Gasteiger partial charge is 0.165 e. The Hall–Kier alpha value is -0.910. The summed E-state index contributed by atoms with van der Waals surface area (Å²) in [4.78, 5) is 2.38. The van der Waals surface area contributed by atoms with Crippen LogP contribution in [0.3, 0.4) is 0 Å². The molecule has 1 aromatic carbocycles. The topological polar surface area (TPSA) is 47.7 Å². The molecule has 1 aromatic rings. The van der Waals surface area contributed by atoms with Crippen molar-refractivity contribution in [2.75, 3.05) is 38.8 Å². The molecule has 2 fully saturated rings. The van der Waals surface area contributed by atoms with Crippen LogP contribution < -0.4 is 15.2 Å². The Morgan fingerprint density at radius 1 is 1.39 bits per heavy atom. The number of rotatable bonds is 5. The summed E-state index contributed by atoms with van der Waals surface area (Å²) in [7, 11) is 3.92. The van der Waals surface area contributed by atoms with Crippen molar-refractivity contribution in [2.24, 2.45) is 11.7 Å². The standard InChI is InChI=1S/C18H28N2O2S/c1-20-11-13(10-19)9-16(20)15-6-3-7-17(18(15)21-2)22-14-5-4-8-23-12-14/h3,6-7,13-14,16H,4-5,8-12,19H2,1-2H3. The van der Waals surface area contributed by atoms with Crippen LogP contribution in [0.4, 0.5) is 0 Å². The van der Waals surface area contributed by atoms with Crippen LogP contribution in [0.25, 0.3) is 0 Å². The number of thioether (sulfide) groups is 1. The van der Waals surface area contributed by atoms with E-state index in [4.69, 9.17) is 15.2 Å². The van der Waals surface area contributed by atoms with Gasteiger partial charge in [-0.1, -0.05) is 12.1 Å². The van der Waals surface area contributed by atoms with Crippen LogP contribution in [-0.4, -0.2) is 49.8 Å². The molecule has 5 heteroatoms. The number of hydrogen-bond donors (Lipinski definition) is 1. The number of para-hydroxylation sites is 1. The van der Waals surface area contributed by atoms with Crippen LogP contribution in [0.5, 0.6) is 11.5 Å². The zero-order chi connectivity index (χ0) is 16.2. The molecule has 128 valence electrons. The molecule has 0 radical (unpaired) electrons. The fourth-order valence-corrected chi connectivity index (χ4v) is 4.77. The van der Waals surface area contributed by atoms with E-state index >= 15 is 0 Å². The Balaban J connectivity index is 1.82. The number of hydrogen-bond acceptors (Lipinski definition) is 5. The van der Waals surface area contributed by atoms with E-state index in [0.29, 0.717) is 18.1 Å². The molecule has 0 spiro atoms. The largest absolute Gasteiger partial charge is 0.493 e. The number of benzene rings is 1. The number of nitrogens with zero attached hydrogens (tertiary/aromatic N) is 1. The number of methoxy groups -OCH3 is 1. The zero-order valence-corrected chi connectivity index (χ0v) is 15.0. The van der Waals surface area contributed by atoms with Gasteiger partial charge in [0.1, 0.15) is 6.10 Å². The van der Waals surface area contributed by atoms with Crippen LogP contribution in [-0.2, 0) is 0 Å². The summed E-state index contributed by atoms with van der Waals surface area (Å²) in [5, 5.41) is 0. The highest BCUT2D eigenvalue weighted by atomic mass is 32.2. The Bertz CT molecular complexity index is 520. The third-order valence-electron chi connectivity index (χ3n) is 4.95. The Labute approximate surface area is 143 Å². The van der Waals surface area contributed by atoms with Crippen molar-refractivity contribution < 1.29 is 9.47 Å². The molecule has 0 amide bonds. The third-order valence-corrected chi connectivity index (χ3v) is 6.14. The summed E-state index contributed by atoms with van der Waals surface area (Å²) >= 11 is 1.98. The fraction of sp³-hybridized carbons (Fsp3) is 0.667. The van der Waals surface area contributed by atoms with Crippen molar-refractivity contribution in [3.63, 3.8) is 0 Å². The van der Waals surface area contributed by atoms with Gasteiger partial charge in [-0.25, -0.2) is 0 Å². The lowest BCUT2D eigenvalue weighted by molar-refractivity contribution is 0.200. The minimum atomic E-state index is 0.302. The molecule has 23 heavy (non-hydrogen) atoms. The lowest BCUT2D eigenvalue weighted by Gasteiger charge is -2.26. The van der Waals surface area contributed by atoms with E-state index in [9.17, 15) is 0 Å². The van der Waals surface area contributed by atoms with Crippen molar-refractivity contribution in [3.8, 4) is 11.5 Å². The second-order valence-electron chi connectivity index (χ2n) is 6.63. The number of likely N-dealkylation sites (tertiary alicyclic amines) is 1. The van der Waals surface area contributed by atoms with E-state index in [1.807, 2.05) is 17.8 Å². The van der Waals surface area contributed by atoms with Crippen LogP contribution >= 0.6 is 11.8 Å². The first-order valence-electron chi connectivity index (χ1n) is 8.54. The van der Waals surface area contributed by atoms with Crippen molar-refractivity contribution in [1.29, 1.82) is 0 Å².